The lowest BCUT2D eigenvalue weighted by Gasteiger charge is -2.42. The number of carbonyl (C=O) groups is 6. The molecule has 0 unspecified atom stereocenters. The van der Waals surface area contributed by atoms with Crippen molar-refractivity contribution in [2.75, 3.05) is 0 Å². The molecule has 0 saturated heterocycles. The highest BCUT2D eigenvalue weighted by atomic mass is 16.4. The summed E-state index contributed by atoms with van der Waals surface area (Å²) < 4.78 is 0. The minimum atomic E-state index is -2.43. The number of hydrogen-bond donors (Lipinski definition) is 6. The van der Waals surface area contributed by atoms with Crippen molar-refractivity contribution in [2.24, 2.45) is 35.5 Å². The van der Waals surface area contributed by atoms with E-state index in [1.165, 1.54) is 0 Å². The molecule has 1 saturated carbocycles. The van der Waals surface area contributed by atoms with Gasteiger partial charge < -0.3 is 36.1 Å². The van der Waals surface area contributed by atoms with Crippen LogP contribution in [0.4, 0.5) is 0 Å². The van der Waals surface area contributed by atoms with Crippen LogP contribution in [-0.4, -0.2) is 71.9 Å². The smallest absolute Gasteiger partial charge is 0.308 e. The third-order valence-electron chi connectivity index (χ3n) is 4.03. The van der Waals surface area contributed by atoms with Crippen molar-refractivity contribution in [3.8, 4) is 0 Å². The molecule has 0 heterocycles. The molecule has 0 atom stereocenters. The van der Waals surface area contributed by atoms with Crippen LogP contribution in [0.5, 0.6) is 0 Å². The lowest BCUT2D eigenvalue weighted by Crippen LogP contribution is -2.59. The minimum Gasteiger partial charge on any atom is -0.481 e. The molecule has 1 rings (SSSR count). The maximum absolute atomic E-state index is 11.3. The highest BCUT2D eigenvalue weighted by Gasteiger charge is 2.64. The van der Waals surface area contributed by atoms with Gasteiger partial charge >= 0.3 is 35.8 Å². The van der Waals surface area contributed by atoms with Crippen molar-refractivity contribution in [1.29, 1.82) is 0 Å². The van der Waals surface area contributed by atoms with Crippen LogP contribution in [-0.2, 0) is 28.8 Å². The minimum absolute atomic E-state index is 0. The average Bonchev–Trinajstić information content (AvgIpc) is 2.42. The molecule has 0 aromatic heterocycles. The second kappa shape index (κ2) is 7.57. The molecular formula is C12H14O13. The van der Waals surface area contributed by atoms with Crippen molar-refractivity contribution in [3.05, 3.63) is 0 Å². The zero-order valence-electron chi connectivity index (χ0n) is 12.1. The first-order chi connectivity index (χ1) is 10.9. The van der Waals surface area contributed by atoms with Crippen molar-refractivity contribution in [3.63, 3.8) is 0 Å². The Hall–Kier alpha value is -3.22. The Balaban J connectivity index is 0.00000576. The first-order valence-corrected chi connectivity index (χ1v) is 6.30. The van der Waals surface area contributed by atoms with Crippen LogP contribution < -0.4 is 0 Å². The molecule has 8 N–H and O–H groups in total. The quantitative estimate of drug-likeness (QED) is 0.282. The molecule has 140 valence electrons. The first kappa shape index (κ1) is 21.8. The van der Waals surface area contributed by atoms with Gasteiger partial charge in [-0.3, -0.25) is 28.8 Å². The van der Waals surface area contributed by atoms with Gasteiger partial charge in [0.05, 0.1) is 35.5 Å². The first-order valence-electron chi connectivity index (χ1n) is 6.30. The number of rotatable bonds is 6. The Morgan fingerprint density at radius 2 is 0.440 bits per heavy atom. The highest BCUT2D eigenvalue weighted by molar-refractivity contribution is 5.96. The monoisotopic (exact) mass is 366 g/mol. The maximum Gasteiger partial charge on any atom is 0.308 e. The standard InChI is InChI=1S/C12H12O12.H2O/c13-7(14)1-2(8(15)16)4(10(19)20)6(12(23)24)5(11(21)22)3(1)9(17)18;/h1-6H,(H,13,14)(H,15,16)(H,17,18)(H,19,20)(H,21,22)(H,23,24);1H2. The van der Waals surface area contributed by atoms with E-state index in [1.54, 1.807) is 0 Å². The van der Waals surface area contributed by atoms with Crippen molar-refractivity contribution in [2.45, 2.75) is 0 Å². The van der Waals surface area contributed by atoms with Crippen LogP contribution in [0.2, 0.25) is 0 Å². The molecular weight excluding hydrogens is 352 g/mol. The van der Waals surface area contributed by atoms with Gasteiger partial charge in [-0.25, -0.2) is 0 Å². The van der Waals surface area contributed by atoms with Gasteiger partial charge in [-0.1, -0.05) is 0 Å². The summed E-state index contributed by atoms with van der Waals surface area (Å²) in [6, 6.07) is 0. The van der Waals surface area contributed by atoms with E-state index in [-0.39, 0.29) is 5.48 Å². The molecule has 0 aromatic rings. The molecule has 1 aliphatic carbocycles. The van der Waals surface area contributed by atoms with Crippen molar-refractivity contribution >= 4 is 35.8 Å². The van der Waals surface area contributed by atoms with Gasteiger partial charge in [-0.05, 0) is 0 Å². The van der Waals surface area contributed by atoms with Crippen LogP contribution in [0.3, 0.4) is 0 Å². The van der Waals surface area contributed by atoms with Crippen LogP contribution in [0.15, 0.2) is 0 Å². The zero-order chi connectivity index (χ0) is 18.9. The predicted molar refractivity (Wildman–Crippen MR) is 70.4 cm³/mol. The van der Waals surface area contributed by atoms with E-state index in [1.807, 2.05) is 0 Å². The largest absolute Gasteiger partial charge is 0.481 e. The SMILES string of the molecule is O.O=C(O)C1C(C(=O)O)C(C(=O)O)C(C(=O)O)C(C(=O)O)C1C(=O)O. The molecule has 25 heavy (non-hydrogen) atoms. The molecule has 1 aliphatic rings. The summed E-state index contributed by atoms with van der Waals surface area (Å²) in [4.78, 5) is 68.0. The molecule has 0 aromatic carbocycles. The van der Waals surface area contributed by atoms with Crippen LogP contribution in [0.25, 0.3) is 0 Å². The number of aliphatic carboxylic acids is 6. The summed E-state index contributed by atoms with van der Waals surface area (Å²) in [6.07, 6.45) is 0. The average molecular weight is 366 g/mol. The summed E-state index contributed by atoms with van der Waals surface area (Å²) in [6.45, 7) is 0. The predicted octanol–water partition coefficient (Wildman–Crippen LogP) is -2.62. The normalized spacial score (nSPS) is 31.2. The molecule has 0 spiro atoms. The summed E-state index contributed by atoms with van der Waals surface area (Å²) in [7, 11) is 0. The Morgan fingerprint density at radius 3 is 0.480 bits per heavy atom. The number of carboxylic acids is 6. The summed E-state index contributed by atoms with van der Waals surface area (Å²) in [5, 5.41) is 54.8. The third kappa shape index (κ3) is 3.65. The van der Waals surface area contributed by atoms with Gasteiger partial charge in [-0.2, -0.15) is 0 Å². The lowest BCUT2D eigenvalue weighted by atomic mass is 9.56. The second-order valence-corrected chi connectivity index (χ2v) is 5.18. The van der Waals surface area contributed by atoms with E-state index in [9.17, 15) is 28.8 Å². The fourth-order valence-corrected chi connectivity index (χ4v) is 3.18. The number of hydrogen-bond acceptors (Lipinski definition) is 6. The summed E-state index contributed by atoms with van der Waals surface area (Å²) in [5.74, 6) is -26.9. The molecule has 13 heteroatoms. The van der Waals surface area contributed by atoms with E-state index >= 15 is 0 Å². The molecule has 0 radical (unpaired) electrons. The second-order valence-electron chi connectivity index (χ2n) is 5.18. The Bertz CT molecular complexity index is 471. The van der Waals surface area contributed by atoms with Gasteiger partial charge in [0.1, 0.15) is 0 Å². The summed E-state index contributed by atoms with van der Waals surface area (Å²) in [5.41, 5.74) is 0. The van der Waals surface area contributed by atoms with E-state index in [0.717, 1.165) is 0 Å². The van der Waals surface area contributed by atoms with E-state index < -0.39 is 71.3 Å². The fraction of sp³-hybridized carbons (Fsp3) is 0.500. The fourth-order valence-electron chi connectivity index (χ4n) is 3.18. The van der Waals surface area contributed by atoms with Crippen LogP contribution in [0.1, 0.15) is 0 Å². The van der Waals surface area contributed by atoms with Gasteiger partial charge in [0.25, 0.3) is 0 Å². The Morgan fingerprint density at radius 1 is 0.360 bits per heavy atom. The van der Waals surface area contributed by atoms with Crippen LogP contribution >= 0.6 is 0 Å². The Labute approximate surface area is 137 Å². The maximum atomic E-state index is 11.3. The zero-order valence-corrected chi connectivity index (χ0v) is 12.1. The lowest BCUT2D eigenvalue weighted by molar-refractivity contribution is -0.191. The Kier molecular flexibility index (Phi) is 6.59. The van der Waals surface area contributed by atoms with Crippen molar-refractivity contribution in [1.82, 2.24) is 0 Å². The van der Waals surface area contributed by atoms with E-state index in [4.69, 9.17) is 30.6 Å². The third-order valence-corrected chi connectivity index (χ3v) is 4.03. The van der Waals surface area contributed by atoms with E-state index in [0.29, 0.717) is 0 Å². The molecule has 0 bridgehead atoms. The van der Waals surface area contributed by atoms with Crippen molar-refractivity contribution < 1.29 is 64.9 Å². The molecule has 0 amide bonds. The van der Waals surface area contributed by atoms with E-state index in [2.05, 4.69) is 0 Å². The molecule has 0 aliphatic heterocycles. The highest BCUT2D eigenvalue weighted by Crippen LogP contribution is 2.47. The van der Waals surface area contributed by atoms with Gasteiger partial charge in [0.15, 0.2) is 0 Å². The van der Waals surface area contributed by atoms with Gasteiger partial charge in [0, 0.05) is 0 Å². The van der Waals surface area contributed by atoms with Gasteiger partial charge in [-0.15, -0.1) is 0 Å². The van der Waals surface area contributed by atoms with Gasteiger partial charge in [0.2, 0.25) is 0 Å². The summed E-state index contributed by atoms with van der Waals surface area (Å²) >= 11 is 0. The molecule has 13 nitrogen and oxygen atoms in total. The number of carboxylic acid groups (broad SMARTS) is 6. The van der Waals surface area contributed by atoms with Crippen LogP contribution in [0, 0.1) is 35.5 Å². The molecule has 1 fully saturated rings. The topological polar surface area (TPSA) is 255 Å².